The van der Waals surface area contributed by atoms with Crippen LogP contribution >= 0.6 is 0 Å². The average Bonchev–Trinajstić information content (AvgIpc) is 2.66. The first kappa shape index (κ1) is 17.2. The molecule has 0 heterocycles. The van der Waals surface area contributed by atoms with Gasteiger partial charge in [-0.15, -0.1) is 0 Å². The first-order chi connectivity index (χ1) is 12.2. The van der Waals surface area contributed by atoms with Crippen LogP contribution in [0.4, 0.5) is 0 Å². The summed E-state index contributed by atoms with van der Waals surface area (Å²) < 4.78 is 0. The first-order valence-electron chi connectivity index (χ1n) is 8.91. The Morgan fingerprint density at radius 3 is 2.24 bits per heavy atom. The van der Waals surface area contributed by atoms with Crippen LogP contribution in [0, 0.1) is 11.3 Å². The summed E-state index contributed by atoms with van der Waals surface area (Å²) in [4.78, 5) is 2.39. The smallest absolute Gasteiger partial charge is 0.0991 e. The zero-order valence-electron chi connectivity index (χ0n) is 15.0. The van der Waals surface area contributed by atoms with E-state index in [-0.39, 0.29) is 0 Å². The maximum atomic E-state index is 8.92. The third-order valence-electron chi connectivity index (χ3n) is 4.64. The second-order valence-electron chi connectivity index (χ2n) is 6.64. The SMILES string of the molecule is CCCN(C)CCc1ccc2cc(-c3ccc(C#N)cc3)ccc2c1. The molecule has 25 heavy (non-hydrogen) atoms. The summed E-state index contributed by atoms with van der Waals surface area (Å²) >= 11 is 0. The predicted molar refractivity (Wildman–Crippen MR) is 106 cm³/mol. The summed E-state index contributed by atoms with van der Waals surface area (Å²) in [6.07, 6.45) is 2.29. The lowest BCUT2D eigenvalue weighted by Gasteiger charge is -2.15. The number of hydrogen-bond donors (Lipinski definition) is 0. The van der Waals surface area contributed by atoms with Crippen molar-refractivity contribution in [3.05, 3.63) is 71.8 Å². The molecule has 0 amide bonds. The molecule has 3 rings (SSSR count). The molecule has 0 spiro atoms. The molecule has 2 heteroatoms. The quantitative estimate of drug-likeness (QED) is 0.617. The Labute approximate surface area is 150 Å². The summed E-state index contributed by atoms with van der Waals surface area (Å²) in [6.45, 7) is 4.47. The van der Waals surface area contributed by atoms with E-state index in [0.717, 1.165) is 25.1 Å². The lowest BCUT2D eigenvalue weighted by Crippen LogP contribution is -2.21. The highest BCUT2D eigenvalue weighted by Gasteiger charge is 2.03. The van der Waals surface area contributed by atoms with Crippen LogP contribution in [0.25, 0.3) is 21.9 Å². The minimum atomic E-state index is 0.697. The van der Waals surface area contributed by atoms with Gasteiger partial charge in [-0.25, -0.2) is 0 Å². The molecule has 3 aromatic carbocycles. The number of likely N-dealkylation sites (N-methyl/N-ethyl adjacent to an activating group) is 1. The molecule has 0 aliphatic rings. The summed E-state index contributed by atoms with van der Waals surface area (Å²) in [5.41, 5.74) is 4.42. The van der Waals surface area contributed by atoms with Crippen molar-refractivity contribution in [3.8, 4) is 17.2 Å². The van der Waals surface area contributed by atoms with Crippen molar-refractivity contribution in [1.29, 1.82) is 5.26 Å². The normalized spacial score (nSPS) is 11.0. The van der Waals surface area contributed by atoms with Crippen LogP contribution in [0.1, 0.15) is 24.5 Å². The number of fused-ring (bicyclic) bond motifs is 1. The number of hydrogen-bond acceptors (Lipinski definition) is 2. The van der Waals surface area contributed by atoms with Crippen molar-refractivity contribution < 1.29 is 0 Å². The molecule has 0 aromatic heterocycles. The summed E-state index contributed by atoms with van der Waals surface area (Å²) in [5.74, 6) is 0. The van der Waals surface area contributed by atoms with Crippen LogP contribution in [-0.2, 0) is 6.42 Å². The Morgan fingerprint density at radius 1 is 0.840 bits per heavy atom. The Morgan fingerprint density at radius 2 is 1.52 bits per heavy atom. The Kier molecular flexibility index (Phi) is 5.48. The summed E-state index contributed by atoms with van der Waals surface area (Å²) in [7, 11) is 2.19. The van der Waals surface area contributed by atoms with Crippen molar-refractivity contribution in [1.82, 2.24) is 4.90 Å². The average molecular weight is 328 g/mol. The van der Waals surface area contributed by atoms with Crippen LogP contribution in [0.15, 0.2) is 60.7 Å². The molecule has 0 bridgehead atoms. The van der Waals surface area contributed by atoms with E-state index in [1.807, 2.05) is 24.3 Å². The number of rotatable bonds is 6. The van der Waals surface area contributed by atoms with Gasteiger partial charge in [0.05, 0.1) is 11.6 Å². The van der Waals surface area contributed by atoms with Crippen LogP contribution in [0.5, 0.6) is 0 Å². The van der Waals surface area contributed by atoms with Gasteiger partial charge in [0.1, 0.15) is 0 Å². The molecule has 0 unspecified atom stereocenters. The Hall–Kier alpha value is -2.63. The van der Waals surface area contributed by atoms with E-state index in [2.05, 4.69) is 61.3 Å². The minimum Gasteiger partial charge on any atom is -0.306 e. The van der Waals surface area contributed by atoms with Gasteiger partial charge in [-0.1, -0.05) is 49.4 Å². The second kappa shape index (κ2) is 7.96. The van der Waals surface area contributed by atoms with Crippen LogP contribution in [0.2, 0.25) is 0 Å². The minimum absolute atomic E-state index is 0.697. The zero-order valence-corrected chi connectivity index (χ0v) is 15.0. The third kappa shape index (κ3) is 4.26. The lowest BCUT2D eigenvalue weighted by molar-refractivity contribution is 0.339. The molecule has 0 saturated carbocycles. The topological polar surface area (TPSA) is 27.0 Å². The molecule has 2 nitrogen and oxygen atoms in total. The summed E-state index contributed by atoms with van der Waals surface area (Å²) in [6, 6.07) is 23.3. The van der Waals surface area contributed by atoms with E-state index in [4.69, 9.17) is 5.26 Å². The van der Waals surface area contributed by atoms with E-state index in [1.165, 1.54) is 28.3 Å². The van der Waals surface area contributed by atoms with Crippen molar-refractivity contribution in [3.63, 3.8) is 0 Å². The van der Waals surface area contributed by atoms with Gasteiger partial charge < -0.3 is 4.90 Å². The second-order valence-corrected chi connectivity index (χ2v) is 6.64. The Bertz CT molecular complexity index is 888. The van der Waals surface area contributed by atoms with E-state index in [0.29, 0.717) is 5.56 Å². The molecule has 0 N–H and O–H groups in total. The zero-order chi connectivity index (χ0) is 17.6. The van der Waals surface area contributed by atoms with E-state index >= 15 is 0 Å². The standard InChI is InChI=1S/C23H24N2/c1-3-13-25(2)14-12-18-4-9-23-16-22(11-10-21(23)15-18)20-7-5-19(17-24)6-8-20/h4-11,15-16H,3,12-14H2,1-2H3. The van der Waals surface area contributed by atoms with Crippen molar-refractivity contribution >= 4 is 10.8 Å². The van der Waals surface area contributed by atoms with Crippen molar-refractivity contribution in [2.24, 2.45) is 0 Å². The molecule has 0 aliphatic heterocycles. The lowest BCUT2D eigenvalue weighted by atomic mass is 9.98. The van der Waals surface area contributed by atoms with E-state index in [9.17, 15) is 0 Å². The maximum absolute atomic E-state index is 8.92. The molecular weight excluding hydrogens is 304 g/mol. The summed E-state index contributed by atoms with van der Waals surface area (Å²) in [5, 5.41) is 11.5. The fourth-order valence-electron chi connectivity index (χ4n) is 3.18. The van der Waals surface area contributed by atoms with Gasteiger partial charge in [0.2, 0.25) is 0 Å². The van der Waals surface area contributed by atoms with Gasteiger partial charge >= 0.3 is 0 Å². The van der Waals surface area contributed by atoms with Crippen LogP contribution in [-0.4, -0.2) is 25.0 Å². The highest BCUT2D eigenvalue weighted by molar-refractivity contribution is 5.87. The molecule has 0 fully saturated rings. The molecule has 0 saturated heterocycles. The van der Waals surface area contributed by atoms with E-state index in [1.54, 1.807) is 0 Å². The predicted octanol–water partition coefficient (Wildman–Crippen LogP) is 5.26. The number of nitriles is 1. The molecule has 0 aliphatic carbocycles. The third-order valence-corrected chi connectivity index (χ3v) is 4.64. The van der Waals surface area contributed by atoms with Crippen LogP contribution < -0.4 is 0 Å². The van der Waals surface area contributed by atoms with Gasteiger partial charge in [0.25, 0.3) is 0 Å². The number of benzene rings is 3. The van der Waals surface area contributed by atoms with Crippen molar-refractivity contribution in [2.45, 2.75) is 19.8 Å². The molecular formula is C23H24N2. The highest BCUT2D eigenvalue weighted by atomic mass is 15.1. The van der Waals surface area contributed by atoms with Gasteiger partial charge in [0.15, 0.2) is 0 Å². The highest BCUT2D eigenvalue weighted by Crippen LogP contribution is 2.25. The molecule has 126 valence electrons. The fraction of sp³-hybridized carbons (Fsp3) is 0.261. The fourth-order valence-corrected chi connectivity index (χ4v) is 3.18. The monoisotopic (exact) mass is 328 g/mol. The first-order valence-corrected chi connectivity index (χ1v) is 8.91. The Balaban J connectivity index is 1.79. The maximum Gasteiger partial charge on any atom is 0.0991 e. The van der Waals surface area contributed by atoms with Crippen molar-refractivity contribution in [2.75, 3.05) is 20.1 Å². The molecule has 3 aromatic rings. The van der Waals surface area contributed by atoms with Crippen LogP contribution in [0.3, 0.4) is 0 Å². The van der Waals surface area contributed by atoms with E-state index < -0.39 is 0 Å². The molecule has 0 radical (unpaired) electrons. The molecule has 0 atom stereocenters. The number of nitrogens with zero attached hydrogens (tertiary/aromatic N) is 2. The largest absolute Gasteiger partial charge is 0.306 e. The van der Waals surface area contributed by atoms with Gasteiger partial charge in [-0.2, -0.15) is 5.26 Å². The van der Waals surface area contributed by atoms with Gasteiger partial charge in [-0.3, -0.25) is 0 Å². The van der Waals surface area contributed by atoms with Gasteiger partial charge in [-0.05, 0) is 72.1 Å². The van der Waals surface area contributed by atoms with Gasteiger partial charge in [0, 0.05) is 6.54 Å².